The standard InChI is InChI=1S/C8H13N3O/c1-2-11-8(3-9)6-4-12-5-7(6)10-11/h2-5,9H2,1H3. The lowest BCUT2D eigenvalue weighted by molar-refractivity contribution is 0.130. The van der Waals surface area contributed by atoms with Crippen molar-refractivity contribution in [3.63, 3.8) is 0 Å². The predicted molar refractivity (Wildman–Crippen MR) is 44.3 cm³/mol. The van der Waals surface area contributed by atoms with Crippen LogP contribution in [0.25, 0.3) is 0 Å². The molecule has 0 amide bonds. The van der Waals surface area contributed by atoms with Gasteiger partial charge in [-0.05, 0) is 6.92 Å². The molecule has 0 bridgehead atoms. The molecule has 2 heterocycles. The van der Waals surface area contributed by atoms with Gasteiger partial charge >= 0.3 is 0 Å². The normalized spacial score (nSPS) is 15.2. The number of nitrogens with two attached hydrogens (primary N) is 1. The van der Waals surface area contributed by atoms with Crippen LogP contribution in [0, 0.1) is 0 Å². The molecule has 0 unspecified atom stereocenters. The van der Waals surface area contributed by atoms with Crippen molar-refractivity contribution in [1.29, 1.82) is 0 Å². The zero-order valence-corrected chi connectivity index (χ0v) is 7.21. The molecule has 4 nitrogen and oxygen atoms in total. The molecule has 0 spiro atoms. The minimum Gasteiger partial charge on any atom is -0.370 e. The average molecular weight is 167 g/mol. The molecule has 0 fully saturated rings. The van der Waals surface area contributed by atoms with Crippen molar-refractivity contribution in [3.05, 3.63) is 17.0 Å². The van der Waals surface area contributed by atoms with E-state index in [1.807, 2.05) is 4.68 Å². The third-order valence-corrected chi connectivity index (χ3v) is 2.23. The summed E-state index contributed by atoms with van der Waals surface area (Å²) >= 11 is 0. The Balaban J connectivity index is 2.46. The number of hydrogen-bond donors (Lipinski definition) is 1. The van der Waals surface area contributed by atoms with Crippen molar-refractivity contribution >= 4 is 0 Å². The zero-order chi connectivity index (χ0) is 8.55. The zero-order valence-electron chi connectivity index (χ0n) is 7.21. The molecule has 0 aromatic carbocycles. The molecule has 0 aliphatic carbocycles. The van der Waals surface area contributed by atoms with Crippen molar-refractivity contribution in [2.24, 2.45) is 5.73 Å². The van der Waals surface area contributed by atoms with Gasteiger partial charge in [0.2, 0.25) is 0 Å². The van der Waals surface area contributed by atoms with Gasteiger partial charge in [-0.3, -0.25) is 4.68 Å². The van der Waals surface area contributed by atoms with E-state index in [0.717, 1.165) is 17.9 Å². The van der Waals surface area contributed by atoms with Crippen LogP contribution in [0.5, 0.6) is 0 Å². The topological polar surface area (TPSA) is 53.1 Å². The summed E-state index contributed by atoms with van der Waals surface area (Å²) in [6, 6.07) is 0. The van der Waals surface area contributed by atoms with E-state index in [1.165, 1.54) is 5.56 Å². The first-order valence-corrected chi connectivity index (χ1v) is 4.22. The molecule has 2 N–H and O–H groups in total. The minimum absolute atomic E-state index is 0.555. The number of rotatable bonds is 2. The first kappa shape index (κ1) is 7.76. The lowest BCUT2D eigenvalue weighted by atomic mass is 10.2. The Morgan fingerprint density at radius 1 is 1.58 bits per heavy atom. The molecule has 1 aromatic rings. The van der Waals surface area contributed by atoms with E-state index in [1.54, 1.807) is 0 Å². The largest absolute Gasteiger partial charge is 0.370 e. The van der Waals surface area contributed by atoms with Gasteiger partial charge in [0.1, 0.15) is 0 Å². The van der Waals surface area contributed by atoms with Gasteiger partial charge in [0.25, 0.3) is 0 Å². The highest BCUT2D eigenvalue weighted by molar-refractivity contribution is 5.27. The van der Waals surface area contributed by atoms with Crippen molar-refractivity contribution < 1.29 is 4.74 Å². The van der Waals surface area contributed by atoms with Crippen molar-refractivity contribution in [1.82, 2.24) is 9.78 Å². The SMILES string of the molecule is CCn1nc2c(c1CN)COC2. The van der Waals surface area contributed by atoms with Gasteiger partial charge in [0, 0.05) is 18.7 Å². The van der Waals surface area contributed by atoms with Gasteiger partial charge in [-0.25, -0.2) is 0 Å². The Hall–Kier alpha value is -0.870. The molecular formula is C8H13N3O. The Morgan fingerprint density at radius 3 is 3.08 bits per heavy atom. The summed E-state index contributed by atoms with van der Waals surface area (Å²) in [4.78, 5) is 0. The van der Waals surface area contributed by atoms with Gasteiger partial charge in [-0.1, -0.05) is 0 Å². The highest BCUT2D eigenvalue weighted by Gasteiger charge is 2.20. The van der Waals surface area contributed by atoms with Crippen molar-refractivity contribution in [2.45, 2.75) is 33.2 Å². The predicted octanol–water partition coefficient (Wildman–Crippen LogP) is 0.392. The van der Waals surface area contributed by atoms with Crippen molar-refractivity contribution in [2.75, 3.05) is 0 Å². The molecule has 2 rings (SSSR count). The maximum Gasteiger partial charge on any atom is 0.0940 e. The van der Waals surface area contributed by atoms with E-state index in [0.29, 0.717) is 19.8 Å². The van der Waals surface area contributed by atoms with Crippen LogP contribution < -0.4 is 5.73 Å². The summed E-state index contributed by atoms with van der Waals surface area (Å²) in [6.45, 7) is 4.85. The second kappa shape index (κ2) is 2.88. The van der Waals surface area contributed by atoms with Crippen molar-refractivity contribution in [3.8, 4) is 0 Å². The van der Waals surface area contributed by atoms with E-state index < -0.39 is 0 Å². The highest BCUT2D eigenvalue weighted by atomic mass is 16.5. The van der Waals surface area contributed by atoms with Gasteiger partial charge < -0.3 is 10.5 Å². The molecule has 1 aromatic heterocycles. The molecule has 0 saturated carbocycles. The molecule has 1 aliphatic heterocycles. The van der Waals surface area contributed by atoms with Crippen LogP contribution in [0.3, 0.4) is 0 Å². The molecule has 1 aliphatic rings. The minimum atomic E-state index is 0.555. The lowest BCUT2D eigenvalue weighted by Crippen LogP contribution is -2.09. The quantitative estimate of drug-likeness (QED) is 0.693. The lowest BCUT2D eigenvalue weighted by Gasteiger charge is -2.03. The molecule has 66 valence electrons. The summed E-state index contributed by atoms with van der Waals surface area (Å²) < 4.78 is 7.23. The fourth-order valence-corrected chi connectivity index (χ4v) is 1.61. The fraction of sp³-hybridized carbons (Fsp3) is 0.625. The Bertz CT molecular complexity index is 293. The van der Waals surface area contributed by atoms with Crippen LogP contribution in [0.4, 0.5) is 0 Å². The van der Waals surface area contributed by atoms with Gasteiger partial charge in [-0.2, -0.15) is 5.10 Å². The number of ether oxygens (including phenoxy) is 1. The molecule has 0 radical (unpaired) electrons. The molecule has 12 heavy (non-hydrogen) atoms. The monoisotopic (exact) mass is 167 g/mol. The molecule has 4 heteroatoms. The van der Waals surface area contributed by atoms with Gasteiger partial charge in [0.15, 0.2) is 0 Å². The number of fused-ring (bicyclic) bond motifs is 1. The summed E-state index contributed by atoms with van der Waals surface area (Å²) in [5.41, 5.74) is 9.03. The Labute approximate surface area is 71.3 Å². The summed E-state index contributed by atoms with van der Waals surface area (Å²) in [5.74, 6) is 0. The third kappa shape index (κ3) is 0.956. The van der Waals surface area contributed by atoms with E-state index >= 15 is 0 Å². The van der Waals surface area contributed by atoms with E-state index in [2.05, 4.69) is 12.0 Å². The Kier molecular flexibility index (Phi) is 1.86. The summed E-state index contributed by atoms with van der Waals surface area (Å²) in [7, 11) is 0. The number of aromatic nitrogens is 2. The second-order valence-electron chi connectivity index (χ2n) is 2.88. The number of aryl methyl sites for hydroxylation is 1. The van der Waals surface area contributed by atoms with Crippen LogP contribution in [0.2, 0.25) is 0 Å². The molecule has 0 saturated heterocycles. The van der Waals surface area contributed by atoms with Crippen LogP contribution in [0.15, 0.2) is 0 Å². The summed E-state index contributed by atoms with van der Waals surface area (Å²) in [5, 5.41) is 4.39. The van der Waals surface area contributed by atoms with Gasteiger partial charge in [0.05, 0.1) is 24.6 Å². The number of hydrogen-bond acceptors (Lipinski definition) is 3. The van der Waals surface area contributed by atoms with E-state index in [-0.39, 0.29) is 0 Å². The van der Waals surface area contributed by atoms with E-state index in [4.69, 9.17) is 10.5 Å². The average Bonchev–Trinajstić information content (AvgIpc) is 2.61. The Morgan fingerprint density at radius 2 is 2.42 bits per heavy atom. The van der Waals surface area contributed by atoms with Crippen LogP contribution in [0.1, 0.15) is 23.9 Å². The fourth-order valence-electron chi connectivity index (χ4n) is 1.61. The third-order valence-electron chi connectivity index (χ3n) is 2.23. The molecule has 0 atom stereocenters. The smallest absolute Gasteiger partial charge is 0.0940 e. The first-order valence-electron chi connectivity index (χ1n) is 4.22. The van der Waals surface area contributed by atoms with Gasteiger partial charge in [-0.15, -0.1) is 0 Å². The summed E-state index contributed by atoms with van der Waals surface area (Å²) in [6.07, 6.45) is 0. The first-order chi connectivity index (χ1) is 5.86. The maximum absolute atomic E-state index is 5.63. The van der Waals surface area contributed by atoms with E-state index in [9.17, 15) is 0 Å². The molecular weight excluding hydrogens is 154 g/mol. The van der Waals surface area contributed by atoms with Crippen LogP contribution >= 0.6 is 0 Å². The second-order valence-corrected chi connectivity index (χ2v) is 2.88. The maximum atomic E-state index is 5.63. The van der Waals surface area contributed by atoms with Crippen LogP contribution in [-0.2, 0) is 31.0 Å². The van der Waals surface area contributed by atoms with Crippen LogP contribution in [-0.4, -0.2) is 9.78 Å². The number of nitrogens with zero attached hydrogens (tertiary/aromatic N) is 2. The highest BCUT2D eigenvalue weighted by Crippen LogP contribution is 2.22.